The maximum Gasteiger partial charge on any atom is 0.292 e. The molecule has 1 amide bonds. The number of hydrogen-bond acceptors (Lipinski definition) is 4. The van der Waals surface area contributed by atoms with Crippen LogP contribution in [0.5, 0.6) is 0 Å². The number of carbonyl (C=O) groups excluding carboxylic acids is 2. The summed E-state index contributed by atoms with van der Waals surface area (Å²) < 4.78 is 25.5. The minimum atomic E-state index is -3.52. The molecule has 1 atom stereocenters. The summed E-state index contributed by atoms with van der Waals surface area (Å²) >= 11 is 0. The largest absolute Gasteiger partial charge is 0.358 e. The van der Waals surface area contributed by atoms with Crippen LogP contribution in [-0.2, 0) is 14.8 Å². The molecule has 1 unspecified atom stereocenters. The number of carbonyl (C=O) groups is 2. The summed E-state index contributed by atoms with van der Waals surface area (Å²) in [6.45, 7) is 3.50. The number of amides is 1. The van der Waals surface area contributed by atoms with Gasteiger partial charge in [-0.3, -0.25) is 9.59 Å². The number of para-hydroxylation sites is 1. The molecule has 0 fully saturated rings. The van der Waals surface area contributed by atoms with Crippen LogP contribution in [0.25, 0.3) is 10.9 Å². The van der Waals surface area contributed by atoms with Crippen LogP contribution in [-0.4, -0.2) is 43.5 Å². The maximum absolute atomic E-state index is 12.8. The van der Waals surface area contributed by atoms with E-state index in [2.05, 4.69) is 10.3 Å². The average molecular weight is 413 g/mol. The molecule has 0 radical (unpaired) electrons. The number of hydrogen-bond donors (Lipinski definition) is 2. The summed E-state index contributed by atoms with van der Waals surface area (Å²) in [5.41, 5.74) is 2.49. The second kappa shape index (κ2) is 7.81. The topological polar surface area (TPSA) is 99.3 Å². The number of rotatable bonds is 6. The molecule has 3 rings (SSSR count). The number of benzene rings is 2. The standard InChI is InChI=1S/C21H23N3O4S/c1-13(15-9-11-16(12-10-15)29(27,28)24(3)4)23-21(26)20(25)19-14(2)22-18-8-6-5-7-17(18)19/h5-13,22H,1-4H3,(H,23,26). The van der Waals surface area contributed by atoms with Gasteiger partial charge in [0.1, 0.15) is 0 Å². The van der Waals surface area contributed by atoms with E-state index in [-0.39, 0.29) is 4.90 Å². The Kier molecular flexibility index (Phi) is 5.59. The smallest absolute Gasteiger partial charge is 0.292 e. The second-order valence-electron chi connectivity index (χ2n) is 7.05. The van der Waals surface area contributed by atoms with Crippen molar-refractivity contribution in [2.45, 2.75) is 24.8 Å². The van der Waals surface area contributed by atoms with Gasteiger partial charge in [0, 0.05) is 30.7 Å². The van der Waals surface area contributed by atoms with Gasteiger partial charge in [-0.15, -0.1) is 0 Å². The quantitative estimate of drug-likeness (QED) is 0.479. The van der Waals surface area contributed by atoms with Crippen molar-refractivity contribution < 1.29 is 18.0 Å². The van der Waals surface area contributed by atoms with Crippen LogP contribution in [0.15, 0.2) is 53.4 Å². The second-order valence-corrected chi connectivity index (χ2v) is 9.20. The van der Waals surface area contributed by atoms with E-state index in [0.29, 0.717) is 22.2 Å². The van der Waals surface area contributed by atoms with Crippen LogP contribution >= 0.6 is 0 Å². The van der Waals surface area contributed by atoms with Crippen molar-refractivity contribution in [3.63, 3.8) is 0 Å². The lowest BCUT2D eigenvalue weighted by atomic mass is 10.0. The molecule has 2 N–H and O–H groups in total. The van der Waals surface area contributed by atoms with E-state index in [1.165, 1.54) is 26.2 Å². The van der Waals surface area contributed by atoms with Gasteiger partial charge in [-0.25, -0.2) is 12.7 Å². The van der Waals surface area contributed by atoms with Crippen molar-refractivity contribution in [1.82, 2.24) is 14.6 Å². The first-order valence-electron chi connectivity index (χ1n) is 9.08. The highest BCUT2D eigenvalue weighted by molar-refractivity contribution is 7.89. The first kappa shape index (κ1) is 20.8. The van der Waals surface area contributed by atoms with E-state index in [4.69, 9.17) is 0 Å². The molecule has 0 aliphatic rings. The van der Waals surface area contributed by atoms with E-state index in [9.17, 15) is 18.0 Å². The molecule has 0 spiro atoms. The van der Waals surface area contributed by atoms with Gasteiger partial charge in [0.25, 0.3) is 11.7 Å². The average Bonchev–Trinajstić information content (AvgIpc) is 3.02. The van der Waals surface area contributed by atoms with Gasteiger partial charge in [0.15, 0.2) is 0 Å². The van der Waals surface area contributed by atoms with Gasteiger partial charge >= 0.3 is 0 Å². The number of aryl methyl sites for hydroxylation is 1. The maximum atomic E-state index is 12.8. The molecule has 1 aromatic heterocycles. The fourth-order valence-corrected chi connectivity index (χ4v) is 4.07. The van der Waals surface area contributed by atoms with Crippen LogP contribution in [0.3, 0.4) is 0 Å². The Morgan fingerprint density at radius 3 is 2.28 bits per heavy atom. The molecule has 29 heavy (non-hydrogen) atoms. The lowest BCUT2D eigenvalue weighted by Gasteiger charge is -2.16. The van der Waals surface area contributed by atoms with E-state index < -0.39 is 27.8 Å². The first-order valence-corrected chi connectivity index (χ1v) is 10.5. The zero-order valence-electron chi connectivity index (χ0n) is 16.7. The minimum Gasteiger partial charge on any atom is -0.358 e. The van der Waals surface area contributed by atoms with Crippen LogP contribution in [0, 0.1) is 6.92 Å². The monoisotopic (exact) mass is 413 g/mol. The van der Waals surface area contributed by atoms with Gasteiger partial charge in [0.05, 0.1) is 16.5 Å². The normalized spacial score (nSPS) is 12.9. The molecule has 2 aromatic carbocycles. The summed E-state index contributed by atoms with van der Waals surface area (Å²) in [6.07, 6.45) is 0. The Morgan fingerprint density at radius 2 is 1.66 bits per heavy atom. The Hall–Kier alpha value is -2.97. The molecule has 0 saturated carbocycles. The molecule has 8 heteroatoms. The molecule has 7 nitrogen and oxygen atoms in total. The van der Waals surface area contributed by atoms with Crippen LogP contribution < -0.4 is 5.32 Å². The summed E-state index contributed by atoms with van der Waals surface area (Å²) in [5, 5.41) is 3.40. The van der Waals surface area contributed by atoms with Crippen molar-refractivity contribution >= 4 is 32.6 Å². The SMILES string of the molecule is Cc1[nH]c2ccccc2c1C(=O)C(=O)NC(C)c1ccc(S(=O)(=O)N(C)C)cc1. The fraction of sp³-hybridized carbons (Fsp3) is 0.238. The minimum absolute atomic E-state index is 0.162. The molecule has 0 saturated heterocycles. The predicted molar refractivity (Wildman–Crippen MR) is 111 cm³/mol. The van der Waals surface area contributed by atoms with Crippen LogP contribution in [0.4, 0.5) is 0 Å². The Bertz CT molecular complexity index is 1180. The number of fused-ring (bicyclic) bond motifs is 1. The predicted octanol–water partition coefficient (Wildman–Crippen LogP) is 2.79. The highest BCUT2D eigenvalue weighted by atomic mass is 32.2. The highest BCUT2D eigenvalue weighted by Crippen LogP contribution is 2.23. The number of nitrogens with zero attached hydrogens (tertiary/aromatic N) is 1. The number of H-pyrrole nitrogens is 1. The molecule has 3 aromatic rings. The third-order valence-corrected chi connectivity index (χ3v) is 6.66. The van der Waals surface area contributed by atoms with Crippen molar-refractivity contribution in [3.05, 3.63) is 65.4 Å². The number of Topliss-reactive ketones (excluding diaryl/α,β-unsaturated/α-hetero) is 1. The van der Waals surface area contributed by atoms with E-state index in [0.717, 1.165) is 9.82 Å². The van der Waals surface area contributed by atoms with E-state index >= 15 is 0 Å². The lowest BCUT2D eigenvalue weighted by Crippen LogP contribution is -2.33. The first-order chi connectivity index (χ1) is 13.6. The number of ketones is 1. The Morgan fingerprint density at radius 1 is 1.03 bits per heavy atom. The van der Waals surface area contributed by atoms with Crippen LogP contribution in [0.2, 0.25) is 0 Å². The van der Waals surface area contributed by atoms with Crippen molar-refractivity contribution in [3.8, 4) is 0 Å². The summed E-state index contributed by atoms with van der Waals surface area (Å²) in [5.74, 6) is -1.33. The zero-order valence-corrected chi connectivity index (χ0v) is 17.5. The highest BCUT2D eigenvalue weighted by Gasteiger charge is 2.24. The third kappa shape index (κ3) is 3.94. The molecule has 0 aliphatic heterocycles. The van der Waals surface area contributed by atoms with Gasteiger partial charge in [-0.2, -0.15) is 0 Å². The molecular formula is C21H23N3O4S. The lowest BCUT2D eigenvalue weighted by molar-refractivity contribution is -0.117. The number of aromatic nitrogens is 1. The number of nitrogens with one attached hydrogen (secondary N) is 2. The summed E-state index contributed by atoms with van der Waals surface area (Å²) in [6, 6.07) is 13.1. The van der Waals surface area contributed by atoms with E-state index in [1.54, 1.807) is 32.0 Å². The Balaban J connectivity index is 1.78. The summed E-state index contributed by atoms with van der Waals surface area (Å²) in [7, 11) is -0.597. The van der Waals surface area contributed by atoms with E-state index in [1.807, 2.05) is 18.2 Å². The van der Waals surface area contributed by atoms with Crippen LogP contribution in [0.1, 0.15) is 34.6 Å². The third-order valence-electron chi connectivity index (χ3n) is 4.83. The number of sulfonamides is 1. The van der Waals surface area contributed by atoms with Gasteiger partial charge in [-0.05, 0) is 37.6 Å². The van der Waals surface area contributed by atoms with Crippen molar-refractivity contribution in [2.24, 2.45) is 0 Å². The van der Waals surface area contributed by atoms with Crippen molar-refractivity contribution in [2.75, 3.05) is 14.1 Å². The summed E-state index contributed by atoms with van der Waals surface area (Å²) in [4.78, 5) is 28.6. The molecular weight excluding hydrogens is 390 g/mol. The fourth-order valence-electron chi connectivity index (χ4n) is 3.17. The van der Waals surface area contributed by atoms with Gasteiger partial charge in [0.2, 0.25) is 10.0 Å². The molecule has 152 valence electrons. The van der Waals surface area contributed by atoms with Gasteiger partial charge in [-0.1, -0.05) is 30.3 Å². The Labute approximate surface area is 169 Å². The molecule has 0 bridgehead atoms. The van der Waals surface area contributed by atoms with Gasteiger partial charge < -0.3 is 10.3 Å². The van der Waals surface area contributed by atoms with Crippen molar-refractivity contribution in [1.29, 1.82) is 0 Å². The zero-order chi connectivity index (χ0) is 21.3. The number of aromatic amines is 1. The molecule has 1 heterocycles. The molecule has 0 aliphatic carbocycles.